The van der Waals surface area contributed by atoms with Gasteiger partial charge in [-0.2, -0.15) is 0 Å². The number of rotatable bonds is 1. The molecule has 3 rings (SSSR count). The number of carbonyl (C=O) groups is 1. The maximum atomic E-state index is 12.5. The molecule has 2 N–H and O–H groups in total. The van der Waals surface area contributed by atoms with Crippen LogP contribution in [0.2, 0.25) is 10.0 Å². The molecule has 1 heterocycles. The number of hydrazine groups is 1. The normalized spacial score (nSPS) is 21.1. The van der Waals surface area contributed by atoms with Crippen molar-refractivity contribution in [3.8, 4) is 0 Å². The van der Waals surface area contributed by atoms with Crippen LogP contribution in [0.15, 0.2) is 42.5 Å². The predicted molar refractivity (Wildman–Crippen MR) is 89.1 cm³/mol. The summed E-state index contributed by atoms with van der Waals surface area (Å²) in [5.74, 6) is -0.157. The molecule has 114 valence electrons. The lowest BCUT2D eigenvalue weighted by Crippen LogP contribution is -2.53. The fourth-order valence-electron chi connectivity index (χ4n) is 2.60. The molecule has 0 bridgehead atoms. The molecule has 4 nitrogen and oxygen atoms in total. The standard InChI is InChI=1S/C16H15Cl2N3O/c1-16(10-4-3-5-11(17)8-10)19-14-7-6-12(18)9-13(14)15(22)21(2)20-16/h3-9,19-20H,1-2H3. The lowest BCUT2D eigenvalue weighted by atomic mass is 10.0. The minimum absolute atomic E-state index is 0.157. The maximum Gasteiger partial charge on any atom is 0.269 e. The Morgan fingerprint density at radius 3 is 2.55 bits per heavy atom. The Labute approximate surface area is 139 Å². The largest absolute Gasteiger partial charge is 0.362 e. The number of fused-ring (bicyclic) bond motifs is 1. The number of nitrogens with one attached hydrogen (secondary N) is 2. The van der Waals surface area contributed by atoms with E-state index in [1.165, 1.54) is 5.01 Å². The Hall–Kier alpha value is -1.75. The lowest BCUT2D eigenvalue weighted by molar-refractivity contribution is 0.0649. The first-order valence-electron chi connectivity index (χ1n) is 6.79. The number of carbonyl (C=O) groups excluding carboxylic acids is 1. The van der Waals surface area contributed by atoms with Gasteiger partial charge in [-0.15, -0.1) is 0 Å². The van der Waals surface area contributed by atoms with Crippen LogP contribution in [-0.2, 0) is 5.66 Å². The molecule has 0 aromatic heterocycles. The molecule has 22 heavy (non-hydrogen) atoms. The highest BCUT2D eigenvalue weighted by Crippen LogP contribution is 2.32. The van der Waals surface area contributed by atoms with E-state index in [9.17, 15) is 4.79 Å². The molecule has 1 aliphatic heterocycles. The summed E-state index contributed by atoms with van der Waals surface area (Å²) in [6, 6.07) is 12.7. The summed E-state index contributed by atoms with van der Waals surface area (Å²) in [7, 11) is 1.68. The lowest BCUT2D eigenvalue weighted by Gasteiger charge is -2.34. The summed E-state index contributed by atoms with van der Waals surface area (Å²) < 4.78 is 0. The molecule has 1 amide bonds. The Balaban J connectivity index is 2.12. The van der Waals surface area contributed by atoms with Crippen LogP contribution < -0.4 is 10.7 Å². The van der Waals surface area contributed by atoms with Crippen LogP contribution in [0.25, 0.3) is 0 Å². The first kappa shape index (κ1) is 15.2. The fourth-order valence-corrected chi connectivity index (χ4v) is 2.97. The Kier molecular flexibility index (Phi) is 3.77. The van der Waals surface area contributed by atoms with Crippen molar-refractivity contribution >= 4 is 34.8 Å². The predicted octanol–water partition coefficient (Wildman–Crippen LogP) is 3.87. The number of hydrogen-bond acceptors (Lipinski definition) is 3. The highest BCUT2D eigenvalue weighted by Gasteiger charge is 2.34. The maximum absolute atomic E-state index is 12.5. The molecular weight excluding hydrogens is 321 g/mol. The van der Waals surface area contributed by atoms with Gasteiger partial charge in [0, 0.05) is 22.8 Å². The third-order valence-electron chi connectivity index (χ3n) is 3.69. The topological polar surface area (TPSA) is 44.4 Å². The van der Waals surface area contributed by atoms with Crippen molar-refractivity contribution in [3.63, 3.8) is 0 Å². The summed E-state index contributed by atoms with van der Waals surface area (Å²) in [6.45, 7) is 1.95. The van der Waals surface area contributed by atoms with Gasteiger partial charge in [0.1, 0.15) is 5.66 Å². The minimum atomic E-state index is -0.686. The van der Waals surface area contributed by atoms with Gasteiger partial charge < -0.3 is 5.32 Å². The van der Waals surface area contributed by atoms with Crippen molar-refractivity contribution in [2.75, 3.05) is 12.4 Å². The molecule has 1 unspecified atom stereocenters. The van der Waals surface area contributed by atoms with Crippen LogP contribution in [0.1, 0.15) is 22.8 Å². The average molecular weight is 336 g/mol. The summed E-state index contributed by atoms with van der Waals surface area (Å²) in [6.07, 6.45) is 0. The molecule has 6 heteroatoms. The Morgan fingerprint density at radius 2 is 1.82 bits per heavy atom. The monoisotopic (exact) mass is 335 g/mol. The summed E-state index contributed by atoms with van der Waals surface area (Å²) in [5.41, 5.74) is 4.66. The zero-order chi connectivity index (χ0) is 15.9. The highest BCUT2D eigenvalue weighted by atomic mass is 35.5. The fraction of sp³-hybridized carbons (Fsp3) is 0.188. The molecule has 2 aromatic rings. The van der Waals surface area contributed by atoms with Crippen molar-refractivity contribution in [2.24, 2.45) is 0 Å². The van der Waals surface area contributed by atoms with Crippen LogP contribution in [0.3, 0.4) is 0 Å². The molecule has 0 saturated carbocycles. The smallest absolute Gasteiger partial charge is 0.269 e. The van der Waals surface area contributed by atoms with Crippen molar-refractivity contribution in [3.05, 3.63) is 63.6 Å². The van der Waals surface area contributed by atoms with E-state index in [1.54, 1.807) is 25.2 Å². The van der Waals surface area contributed by atoms with Crippen LogP contribution in [0.5, 0.6) is 0 Å². The van der Waals surface area contributed by atoms with E-state index in [4.69, 9.17) is 23.2 Å². The van der Waals surface area contributed by atoms with E-state index in [2.05, 4.69) is 10.7 Å². The van der Waals surface area contributed by atoms with E-state index in [1.807, 2.05) is 31.2 Å². The van der Waals surface area contributed by atoms with Gasteiger partial charge in [0.15, 0.2) is 0 Å². The third kappa shape index (κ3) is 2.65. The van der Waals surface area contributed by atoms with Gasteiger partial charge >= 0.3 is 0 Å². The van der Waals surface area contributed by atoms with Gasteiger partial charge in [-0.05, 0) is 42.8 Å². The number of nitrogens with zero attached hydrogens (tertiary/aromatic N) is 1. The summed E-state index contributed by atoms with van der Waals surface area (Å²) >= 11 is 12.1. The number of amides is 1. The van der Waals surface area contributed by atoms with Crippen molar-refractivity contribution in [1.29, 1.82) is 0 Å². The van der Waals surface area contributed by atoms with E-state index in [0.717, 1.165) is 5.56 Å². The Morgan fingerprint density at radius 1 is 1.09 bits per heavy atom. The van der Waals surface area contributed by atoms with Gasteiger partial charge in [-0.1, -0.05) is 35.3 Å². The van der Waals surface area contributed by atoms with Gasteiger partial charge in [0.2, 0.25) is 0 Å². The molecule has 0 spiro atoms. The highest BCUT2D eigenvalue weighted by molar-refractivity contribution is 6.31. The van der Waals surface area contributed by atoms with Gasteiger partial charge in [0.25, 0.3) is 5.91 Å². The SMILES string of the molecule is CN1NC(C)(c2cccc(Cl)c2)Nc2ccc(Cl)cc2C1=O. The van der Waals surface area contributed by atoms with E-state index >= 15 is 0 Å². The first-order chi connectivity index (χ1) is 10.4. The second-order valence-electron chi connectivity index (χ2n) is 5.43. The molecule has 0 aliphatic carbocycles. The molecular formula is C16H15Cl2N3O. The van der Waals surface area contributed by atoms with Gasteiger partial charge in [-0.25, -0.2) is 5.43 Å². The van der Waals surface area contributed by atoms with Crippen molar-refractivity contribution < 1.29 is 4.79 Å². The zero-order valence-electron chi connectivity index (χ0n) is 12.2. The first-order valence-corrected chi connectivity index (χ1v) is 7.54. The van der Waals surface area contributed by atoms with Gasteiger partial charge in [0.05, 0.1) is 5.56 Å². The van der Waals surface area contributed by atoms with E-state index in [-0.39, 0.29) is 5.91 Å². The molecule has 0 radical (unpaired) electrons. The van der Waals surface area contributed by atoms with Gasteiger partial charge in [-0.3, -0.25) is 9.80 Å². The molecule has 2 aromatic carbocycles. The van der Waals surface area contributed by atoms with Crippen molar-refractivity contribution in [1.82, 2.24) is 10.4 Å². The van der Waals surface area contributed by atoms with Crippen LogP contribution >= 0.6 is 23.2 Å². The second-order valence-corrected chi connectivity index (χ2v) is 6.30. The van der Waals surface area contributed by atoms with Crippen LogP contribution in [-0.4, -0.2) is 18.0 Å². The minimum Gasteiger partial charge on any atom is -0.362 e. The van der Waals surface area contributed by atoms with Crippen LogP contribution in [0, 0.1) is 0 Å². The summed E-state index contributed by atoms with van der Waals surface area (Å²) in [5, 5.41) is 5.99. The average Bonchev–Trinajstić information content (AvgIpc) is 2.56. The second kappa shape index (κ2) is 5.47. The molecule has 1 aliphatic rings. The van der Waals surface area contributed by atoms with E-state index in [0.29, 0.717) is 21.3 Å². The Bertz CT molecular complexity index is 750. The third-order valence-corrected chi connectivity index (χ3v) is 4.16. The van der Waals surface area contributed by atoms with Crippen molar-refractivity contribution in [2.45, 2.75) is 12.6 Å². The number of benzene rings is 2. The molecule has 0 saturated heterocycles. The molecule has 1 atom stereocenters. The number of halogens is 2. The number of anilines is 1. The zero-order valence-corrected chi connectivity index (χ0v) is 13.7. The molecule has 0 fully saturated rings. The summed E-state index contributed by atoms with van der Waals surface area (Å²) in [4.78, 5) is 12.5. The number of hydrogen-bond donors (Lipinski definition) is 2. The van der Waals surface area contributed by atoms with Crippen LogP contribution in [0.4, 0.5) is 5.69 Å². The quantitative estimate of drug-likeness (QED) is 0.831. The van der Waals surface area contributed by atoms with E-state index < -0.39 is 5.66 Å².